The summed E-state index contributed by atoms with van der Waals surface area (Å²) in [4.78, 5) is 8.92. The van der Waals surface area contributed by atoms with Crippen molar-refractivity contribution in [3.05, 3.63) is 17.1 Å². The molecule has 0 aromatic carbocycles. The minimum Gasteiger partial charge on any atom is -0.367 e. The number of aryl methyl sites for hydroxylation is 2. The van der Waals surface area contributed by atoms with Crippen LogP contribution in [0.5, 0.6) is 0 Å². The zero-order chi connectivity index (χ0) is 14.4. The van der Waals surface area contributed by atoms with Crippen LogP contribution in [0, 0.1) is 20.8 Å². The highest BCUT2D eigenvalue weighted by molar-refractivity contribution is 5.47. The zero-order valence-corrected chi connectivity index (χ0v) is 13.1. The highest BCUT2D eigenvalue weighted by Gasteiger charge is 2.46. The summed E-state index contributed by atoms with van der Waals surface area (Å²) in [7, 11) is 0. The summed E-state index contributed by atoms with van der Waals surface area (Å²) in [6.45, 7) is 14.6. The van der Waals surface area contributed by atoms with E-state index in [4.69, 9.17) is 4.74 Å². The number of aromatic nitrogens is 2. The van der Waals surface area contributed by atoms with Crippen molar-refractivity contribution in [1.29, 1.82) is 0 Å². The quantitative estimate of drug-likeness (QED) is 0.890. The minimum absolute atomic E-state index is 0.0911. The van der Waals surface area contributed by atoms with Crippen molar-refractivity contribution < 1.29 is 4.74 Å². The van der Waals surface area contributed by atoms with E-state index in [0.29, 0.717) is 0 Å². The van der Waals surface area contributed by atoms with Gasteiger partial charge in [-0.15, -0.1) is 0 Å². The van der Waals surface area contributed by atoms with E-state index in [9.17, 15) is 0 Å². The molecule has 4 nitrogen and oxygen atoms in total. The van der Waals surface area contributed by atoms with Gasteiger partial charge in [-0.2, -0.15) is 0 Å². The number of hydrogen-bond donors (Lipinski definition) is 1. The van der Waals surface area contributed by atoms with Gasteiger partial charge in [-0.05, 0) is 54.9 Å². The third-order valence-electron chi connectivity index (χ3n) is 3.89. The first kappa shape index (κ1) is 14.3. The average Bonchev–Trinajstić information content (AvgIpc) is 2.42. The van der Waals surface area contributed by atoms with E-state index in [-0.39, 0.29) is 17.2 Å². The molecule has 2 heterocycles. The summed E-state index contributed by atoms with van der Waals surface area (Å²) in [6.07, 6.45) is 0.974. The van der Waals surface area contributed by atoms with Gasteiger partial charge in [0.25, 0.3) is 0 Å². The van der Waals surface area contributed by atoms with Crippen molar-refractivity contribution in [2.75, 3.05) is 5.32 Å². The van der Waals surface area contributed by atoms with Gasteiger partial charge in [-0.25, -0.2) is 9.97 Å². The van der Waals surface area contributed by atoms with Gasteiger partial charge in [0.2, 0.25) is 0 Å². The summed E-state index contributed by atoms with van der Waals surface area (Å²) in [5.74, 6) is 1.74. The second-order valence-electron chi connectivity index (χ2n) is 6.70. The van der Waals surface area contributed by atoms with Gasteiger partial charge in [-0.1, -0.05) is 0 Å². The van der Waals surface area contributed by atoms with Crippen LogP contribution in [-0.4, -0.2) is 27.2 Å². The number of ether oxygens (including phenoxy) is 1. The molecule has 1 N–H and O–H groups in total. The maximum absolute atomic E-state index is 6.12. The molecule has 1 aliphatic heterocycles. The van der Waals surface area contributed by atoms with Crippen LogP contribution in [-0.2, 0) is 4.74 Å². The predicted molar refractivity (Wildman–Crippen MR) is 77.5 cm³/mol. The molecule has 1 saturated heterocycles. The van der Waals surface area contributed by atoms with Crippen LogP contribution >= 0.6 is 0 Å². The highest BCUT2D eigenvalue weighted by Crippen LogP contribution is 2.39. The van der Waals surface area contributed by atoms with Crippen LogP contribution in [0.2, 0.25) is 0 Å². The fourth-order valence-corrected chi connectivity index (χ4v) is 2.86. The van der Waals surface area contributed by atoms with Crippen molar-refractivity contribution in [2.24, 2.45) is 0 Å². The molecule has 0 aliphatic carbocycles. The van der Waals surface area contributed by atoms with Crippen molar-refractivity contribution in [3.8, 4) is 0 Å². The van der Waals surface area contributed by atoms with E-state index in [1.54, 1.807) is 0 Å². The molecule has 1 fully saturated rings. The Labute approximate surface area is 116 Å². The molecule has 1 aliphatic rings. The Morgan fingerprint density at radius 3 is 2.26 bits per heavy atom. The topological polar surface area (TPSA) is 47.0 Å². The van der Waals surface area contributed by atoms with Crippen molar-refractivity contribution in [3.63, 3.8) is 0 Å². The smallest absolute Gasteiger partial charge is 0.133 e. The Kier molecular flexibility index (Phi) is 3.33. The van der Waals surface area contributed by atoms with Gasteiger partial charge in [0, 0.05) is 11.3 Å². The number of nitrogens with zero attached hydrogens (tertiary/aromatic N) is 2. The molecule has 19 heavy (non-hydrogen) atoms. The number of nitrogens with one attached hydrogen (secondary N) is 1. The summed E-state index contributed by atoms with van der Waals surface area (Å²) in [5, 5.41) is 3.56. The lowest BCUT2D eigenvalue weighted by Crippen LogP contribution is -2.38. The standard InChI is InChI=1S/C15H25N3O/c1-9-10(2)16-11(3)17-13(9)18-12-8-14(4,5)19-15(12,6)7/h12H,8H2,1-7H3,(H,16,17,18). The second-order valence-corrected chi connectivity index (χ2v) is 6.70. The minimum atomic E-state index is -0.192. The summed E-state index contributed by atoms with van der Waals surface area (Å²) >= 11 is 0. The molecule has 1 atom stereocenters. The van der Waals surface area contributed by atoms with Gasteiger partial charge >= 0.3 is 0 Å². The molecule has 0 bridgehead atoms. The molecule has 1 unspecified atom stereocenters. The van der Waals surface area contributed by atoms with Crippen LogP contribution in [0.1, 0.15) is 51.2 Å². The molecule has 1 aromatic rings. The predicted octanol–water partition coefficient (Wildman–Crippen LogP) is 3.16. The van der Waals surface area contributed by atoms with Gasteiger partial charge < -0.3 is 10.1 Å². The molecular weight excluding hydrogens is 238 g/mol. The Morgan fingerprint density at radius 2 is 1.74 bits per heavy atom. The van der Waals surface area contributed by atoms with Gasteiger partial charge in [0.1, 0.15) is 11.6 Å². The molecule has 0 amide bonds. The number of hydrogen-bond acceptors (Lipinski definition) is 4. The second kappa shape index (κ2) is 4.44. The normalized spacial score (nSPS) is 24.5. The Morgan fingerprint density at radius 1 is 1.11 bits per heavy atom. The summed E-state index contributed by atoms with van der Waals surface area (Å²) in [6, 6.07) is 0.259. The monoisotopic (exact) mass is 263 g/mol. The van der Waals surface area contributed by atoms with Crippen molar-refractivity contribution in [2.45, 2.75) is 72.1 Å². The first-order chi connectivity index (χ1) is 8.61. The fourth-order valence-electron chi connectivity index (χ4n) is 2.86. The molecule has 0 saturated carbocycles. The van der Waals surface area contributed by atoms with Crippen molar-refractivity contribution >= 4 is 5.82 Å². The molecule has 0 spiro atoms. The SMILES string of the molecule is Cc1nc(C)c(C)c(NC2CC(C)(C)OC2(C)C)n1. The molecular formula is C15H25N3O. The van der Waals surface area contributed by atoms with Crippen LogP contribution in [0.3, 0.4) is 0 Å². The Balaban J connectivity index is 2.27. The van der Waals surface area contributed by atoms with E-state index < -0.39 is 0 Å². The van der Waals surface area contributed by atoms with Gasteiger partial charge in [0.15, 0.2) is 0 Å². The third kappa shape index (κ3) is 2.89. The lowest BCUT2D eigenvalue weighted by atomic mass is 9.94. The van der Waals surface area contributed by atoms with E-state index in [2.05, 4.69) is 49.9 Å². The van der Waals surface area contributed by atoms with Crippen LogP contribution in [0.25, 0.3) is 0 Å². The molecule has 2 rings (SSSR count). The maximum atomic E-state index is 6.12. The lowest BCUT2D eigenvalue weighted by molar-refractivity contribution is -0.0662. The number of anilines is 1. The van der Waals surface area contributed by atoms with Crippen LogP contribution in [0.15, 0.2) is 0 Å². The van der Waals surface area contributed by atoms with E-state index in [1.807, 2.05) is 13.8 Å². The highest BCUT2D eigenvalue weighted by atomic mass is 16.5. The van der Waals surface area contributed by atoms with E-state index in [0.717, 1.165) is 29.3 Å². The largest absolute Gasteiger partial charge is 0.367 e. The Hall–Kier alpha value is -1.16. The fraction of sp³-hybridized carbons (Fsp3) is 0.733. The van der Waals surface area contributed by atoms with Gasteiger partial charge in [0.05, 0.1) is 17.2 Å². The van der Waals surface area contributed by atoms with Crippen LogP contribution in [0.4, 0.5) is 5.82 Å². The first-order valence-electron chi connectivity index (χ1n) is 6.89. The third-order valence-corrected chi connectivity index (χ3v) is 3.89. The molecule has 4 heteroatoms. The summed E-state index contributed by atoms with van der Waals surface area (Å²) < 4.78 is 6.12. The average molecular weight is 263 g/mol. The van der Waals surface area contributed by atoms with Crippen LogP contribution < -0.4 is 5.32 Å². The van der Waals surface area contributed by atoms with E-state index >= 15 is 0 Å². The molecule has 106 valence electrons. The number of rotatable bonds is 2. The van der Waals surface area contributed by atoms with Crippen molar-refractivity contribution in [1.82, 2.24) is 9.97 Å². The van der Waals surface area contributed by atoms with E-state index in [1.165, 1.54) is 0 Å². The molecule has 0 radical (unpaired) electrons. The zero-order valence-electron chi connectivity index (χ0n) is 13.1. The van der Waals surface area contributed by atoms with Gasteiger partial charge in [-0.3, -0.25) is 0 Å². The Bertz CT molecular complexity index is 494. The maximum Gasteiger partial charge on any atom is 0.133 e. The molecule has 1 aromatic heterocycles. The lowest BCUT2D eigenvalue weighted by Gasteiger charge is -2.28. The summed E-state index contributed by atoms with van der Waals surface area (Å²) in [5.41, 5.74) is 1.87. The first-order valence-corrected chi connectivity index (χ1v) is 6.89.